The number of anilines is 1. The normalized spacial score (nSPS) is 13.1. The minimum atomic E-state index is -3.73. The Kier molecular flexibility index (Phi) is 4.71. The second-order valence-electron chi connectivity index (χ2n) is 4.24. The number of hydrogen-bond acceptors (Lipinski definition) is 6. The van der Waals surface area contributed by atoms with Gasteiger partial charge in [0.05, 0.1) is 18.8 Å². The fourth-order valence-corrected chi connectivity index (χ4v) is 3.22. The number of thiazole rings is 1. The number of rotatable bonds is 6. The molecule has 1 unspecified atom stereocenters. The summed E-state index contributed by atoms with van der Waals surface area (Å²) in [5, 5.41) is 17.8. The molecule has 0 saturated heterocycles. The van der Waals surface area contributed by atoms with Gasteiger partial charge in [-0.15, -0.1) is 0 Å². The van der Waals surface area contributed by atoms with Crippen LogP contribution in [0.5, 0.6) is 0 Å². The quantitative estimate of drug-likeness (QED) is 0.732. The van der Waals surface area contributed by atoms with Gasteiger partial charge in [0.25, 0.3) is 0 Å². The number of sulfonamides is 1. The van der Waals surface area contributed by atoms with Crippen LogP contribution in [0.2, 0.25) is 0 Å². The van der Waals surface area contributed by atoms with Gasteiger partial charge < -0.3 is 10.4 Å². The SMILES string of the molecule is NS(=O)(=O)c1cnc(NC(CO)Cc2ccccc2)s1. The standard InChI is InChI=1S/C12H15N3O3S2/c13-20(17,18)11-7-14-12(19-11)15-10(8-16)6-9-4-2-1-3-5-9/h1-5,7,10,16H,6,8H2,(H,14,15)(H2,13,17,18). The fourth-order valence-electron chi connectivity index (χ4n) is 1.69. The second-order valence-corrected chi connectivity index (χ2v) is 7.06. The van der Waals surface area contributed by atoms with Gasteiger partial charge in [0, 0.05) is 0 Å². The number of aliphatic hydroxyl groups excluding tert-OH is 1. The first-order valence-electron chi connectivity index (χ1n) is 5.89. The molecular weight excluding hydrogens is 298 g/mol. The largest absolute Gasteiger partial charge is 0.394 e. The van der Waals surface area contributed by atoms with E-state index in [1.54, 1.807) is 0 Å². The number of hydrogen-bond donors (Lipinski definition) is 3. The highest BCUT2D eigenvalue weighted by Gasteiger charge is 2.15. The van der Waals surface area contributed by atoms with Crippen LogP contribution in [0.15, 0.2) is 40.7 Å². The molecule has 0 spiro atoms. The molecule has 8 heteroatoms. The Balaban J connectivity index is 2.05. The van der Waals surface area contributed by atoms with Gasteiger partial charge in [-0.2, -0.15) is 0 Å². The van der Waals surface area contributed by atoms with Crippen LogP contribution >= 0.6 is 11.3 Å². The highest BCUT2D eigenvalue weighted by molar-refractivity contribution is 7.91. The fraction of sp³-hybridized carbons (Fsp3) is 0.250. The minimum absolute atomic E-state index is 0.00333. The molecule has 1 heterocycles. The number of aromatic nitrogens is 1. The topological polar surface area (TPSA) is 105 Å². The van der Waals surface area contributed by atoms with Crippen molar-refractivity contribution in [3.63, 3.8) is 0 Å². The smallest absolute Gasteiger partial charge is 0.249 e. The van der Waals surface area contributed by atoms with E-state index in [0.717, 1.165) is 16.9 Å². The molecule has 0 aliphatic rings. The van der Waals surface area contributed by atoms with Crippen molar-refractivity contribution in [3.05, 3.63) is 42.1 Å². The summed E-state index contributed by atoms with van der Waals surface area (Å²) in [6.45, 7) is -0.0841. The number of primary sulfonamides is 1. The van der Waals surface area contributed by atoms with Crippen molar-refractivity contribution in [2.75, 3.05) is 11.9 Å². The maximum absolute atomic E-state index is 11.2. The van der Waals surface area contributed by atoms with Crippen molar-refractivity contribution in [1.29, 1.82) is 0 Å². The van der Waals surface area contributed by atoms with Gasteiger partial charge in [-0.05, 0) is 12.0 Å². The van der Waals surface area contributed by atoms with Crippen molar-refractivity contribution in [1.82, 2.24) is 4.98 Å². The average molecular weight is 313 g/mol. The molecule has 0 saturated carbocycles. The van der Waals surface area contributed by atoms with Crippen LogP contribution in [0.25, 0.3) is 0 Å². The zero-order valence-electron chi connectivity index (χ0n) is 10.6. The Morgan fingerprint density at radius 3 is 2.60 bits per heavy atom. The molecule has 0 fully saturated rings. The summed E-state index contributed by atoms with van der Waals surface area (Å²) in [4.78, 5) is 3.95. The van der Waals surface area contributed by atoms with E-state index in [0.29, 0.717) is 11.6 Å². The lowest BCUT2D eigenvalue weighted by molar-refractivity contribution is 0.273. The Morgan fingerprint density at radius 1 is 1.35 bits per heavy atom. The Labute approximate surface area is 121 Å². The number of nitrogens with one attached hydrogen (secondary N) is 1. The van der Waals surface area contributed by atoms with E-state index in [4.69, 9.17) is 5.14 Å². The number of nitrogens with two attached hydrogens (primary N) is 1. The predicted octanol–water partition coefficient (Wildman–Crippen LogP) is 0.806. The molecule has 2 rings (SSSR count). The summed E-state index contributed by atoms with van der Waals surface area (Å²) in [7, 11) is -3.73. The third kappa shape index (κ3) is 4.01. The highest BCUT2D eigenvalue weighted by atomic mass is 32.2. The first-order valence-corrected chi connectivity index (χ1v) is 8.25. The first kappa shape index (κ1) is 14.9. The lowest BCUT2D eigenvalue weighted by Crippen LogP contribution is -2.26. The van der Waals surface area contributed by atoms with Crippen molar-refractivity contribution in [2.45, 2.75) is 16.7 Å². The van der Waals surface area contributed by atoms with Crippen LogP contribution < -0.4 is 10.5 Å². The molecular formula is C12H15N3O3S2. The lowest BCUT2D eigenvalue weighted by Gasteiger charge is -2.15. The highest BCUT2D eigenvalue weighted by Crippen LogP contribution is 2.22. The van der Waals surface area contributed by atoms with E-state index < -0.39 is 10.0 Å². The molecule has 0 amide bonds. The van der Waals surface area contributed by atoms with Crippen molar-refractivity contribution in [3.8, 4) is 0 Å². The van der Waals surface area contributed by atoms with Gasteiger partial charge in [0.1, 0.15) is 0 Å². The average Bonchev–Trinajstić information content (AvgIpc) is 2.87. The maximum Gasteiger partial charge on any atom is 0.249 e. The number of aliphatic hydroxyl groups is 1. The maximum atomic E-state index is 11.2. The zero-order chi connectivity index (χ0) is 14.6. The molecule has 1 atom stereocenters. The minimum Gasteiger partial charge on any atom is -0.394 e. The van der Waals surface area contributed by atoms with E-state index in [-0.39, 0.29) is 16.9 Å². The van der Waals surface area contributed by atoms with E-state index >= 15 is 0 Å². The van der Waals surface area contributed by atoms with E-state index in [1.165, 1.54) is 6.20 Å². The summed E-state index contributed by atoms with van der Waals surface area (Å²) in [6, 6.07) is 9.45. The van der Waals surface area contributed by atoms with Crippen molar-refractivity contribution >= 4 is 26.5 Å². The van der Waals surface area contributed by atoms with E-state index in [9.17, 15) is 13.5 Å². The third-order valence-corrected chi connectivity index (χ3v) is 4.97. The molecule has 108 valence electrons. The van der Waals surface area contributed by atoms with E-state index in [1.807, 2.05) is 30.3 Å². The Morgan fingerprint density at radius 2 is 2.05 bits per heavy atom. The second kappa shape index (κ2) is 6.31. The molecule has 2 aromatic rings. The zero-order valence-corrected chi connectivity index (χ0v) is 12.2. The predicted molar refractivity (Wildman–Crippen MR) is 78.1 cm³/mol. The Bertz CT molecular complexity index is 656. The van der Waals surface area contributed by atoms with Crippen LogP contribution in [0.3, 0.4) is 0 Å². The van der Waals surface area contributed by atoms with Gasteiger partial charge in [-0.1, -0.05) is 41.7 Å². The van der Waals surface area contributed by atoms with Crippen LogP contribution in [-0.2, 0) is 16.4 Å². The number of nitrogens with zero attached hydrogens (tertiary/aromatic N) is 1. The number of benzene rings is 1. The monoisotopic (exact) mass is 313 g/mol. The molecule has 1 aromatic carbocycles. The molecule has 0 radical (unpaired) electrons. The van der Waals surface area contributed by atoms with Crippen LogP contribution in [0.4, 0.5) is 5.13 Å². The summed E-state index contributed by atoms with van der Waals surface area (Å²) in [5.41, 5.74) is 1.07. The molecule has 1 aromatic heterocycles. The van der Waals surface area contributed by atoms with Crippen LogP contribution in [0.1, 0.15) is 5.56 Å². The van der Waals surface area contributed by atoms with Crippen LogP contribution in [0, 0.1) is 0 Å². The summed E-state index contributed by atoms with van der Waals surface area (Å²) >= 11 is 0.948. The van der Waals surface area contributed by atoms with Crippen molar-refractivity contribution in [2.24, 2.45) is 5.14 Å². The first-order chi connectivity index (χ1) is 9.49. The molecule has 0 bridgehead atoms. The van der Waals surface area contributed by atoms with Crippen molar-refractivity contribution < 1.29 is 13.5 Å². The third-order valence-electron chi connectivity index (χ3n) is 2.64. The molecule has 0 aliphatic heterocycles. The van der Waals surface area contributed by atoms with Gasteiger partial charge in [0.15, 0.2) is 9.34 Å². The molecule has 6 nitrogen and oxygen atoms in total. The Hall–Kier alpha value is -1.48. The summed E-state index contributed by atoms with van der Waals surface area (Å²) < 4.78 is 22.3. The van der Waals surface area contributed by atoms with Gasteiger partial charge >= 0.3 is 0 Å². The lowest BCUT2D eigenvalue weighted by atomic mass is 10.1. The van der Waals surface area contributed by atoms with Gasteiger partial charge in [-0.25, -0.2) is 18.5 Å². The molecule has 20 heavy (non-hydrogen) atoms. The summed E-state index contributed by atoms with van der Waals surface area (Å²) in [5.74, 6) is 0. The van der Waals surface area contributed by atoms with Gasteiger partial charge in [-0.3, -0.25) is 0 Å². The van der Waals surface area contributed by atoms with E-state index in [2.05, 4.69) is 10.3 Å². The van der Waals surface area contributed by atoms with Gasteiger partial charge in [0.2, 0.25) is 10.0 Å². The summed E-state index contributed by atoms with van der Waals surface area (Å²) in [6.07, 6.45) is 1.82. The van der Waals surface area contributed by atoms with Crippen LogP contribution in [-0.4, -0.2) is 31.2 Å². The molecule has 0 aliphatic carbocycles. The molecule has 4 N–H and O–H groups in total.